The van der Waals surface area contributed by atoms with Crippen LogP contribution in [0.25, 0.3) is 16.2 Å². The summed E-state index contributed by atoms with van der Waals surface area (Å²) in [7, 11) is 0. The third kappa shape index (κ3) is 3.96. The van der Waals surface area contributed by atoms with Gasteiger partial charge in [-0.1, -0.05) is 42.7 Å². The predicted molar refractivity (Wildman–Crippen MR) is 106 cm³/mol. The molecule has 3 N–H and O–H groups in total. The molecular weight excluding hydrogens is 362 g/mol. The van der Waals surface area contributed by atoms with Crippen LogP contribution < -0.4 is 10.6 Å². The molecule has 0 aliphatic heterocycles. The van der Waals surface area contributed by atoms with E-state index in [1.165, 1.54) is 32.1 Å². The maximum atomic E-state index is 11.9. The number of carbonyl (C=O) groups is 1. The molecule has 0 unspecified atom stereocenters. The summed E-state index contributed by atoms with van der Waals surface area (Å²) in [4.78, 5) is 17.3. The summed E-state index contributed by atoms with van der Waals surface area (Å²) in [5, 5.41) is 20.6. The molecule has 1 amide bonds. The van der Waals surface area contributed by atoms with Gasteiger partial charge in [0.05, 0.1) is 18.5 Å². The Kier molecular flexibility index (Phi) is 5.35. The van der Waals surface area contributed by atoms with Crippen LogP contribution >= 0.6 is 11.3 Å². The minimum Gasteiger partial charge on any atom is -0.395 e. The molecule has 7 nitrogen and oxygen atoms in total. The minimum absolute atomic E-state index is 0.0708. The van der Waals surface area contributed by atoms with Crippen molar-refractivity contribution in [2.75, 3.05) is 18.5 Å². The van der Waals surface area contributed by atoms with E-state index in [1.807, 2.05) is 22.8 Å². The molecule has 3 aromatic rings. The van der Waals surface area contributed by atoms with Gasteiger partial charge in [-0.05, 0) is 25.0 Å². The summed E-state index contributed by atoms with van der Waals surface area (Å²) < 4.78 is 1.86. The first-order chi connectivity index (χ1) is 13.2. The second kappa shape index (κ2) is 8.06. The fourth-order valence-corrected chi connectivity index (χ4v) is 4.29. The van der Waals surface area contributed by atoms with Crippen molar-refractivity contribution in [2.24, 2.45) is 0 Å². The first-order valence-corrected chi connectivity index (χ1v) is 10.2. The Hall–Kier alpha value is -2.45. The van der Waals surface area contributed by atoms with Crippen LogP contribution in [0.2, 0.25) is 0 Å². The van der Waals surface area contributed by atoms with Crippen molar-refractivity contribution in [3.63, 3.8) is 0 Å². The Morgan fingerprint density at radius 3 is 2.74 bits per heavy atom. The molecule has 0 radical (unpaired) electrons. The van der Waals surface area contributed by atoms with Crippen molar-refractivity contribution < 1.29 is 9.90 Å². The summed E-state index contributed by atoms with van der Waals surface area (Å²) in [5.74, 6) is -0.193. The lowest BCUT2D eigenvalue weighted by atomic mass is 9.96. The van der Waals surface area contributed by atoms with Gasteiger partial charge in [-0.2, -0.15) is 0 Å². The van der Waals surface area contributed by atoms with Crippen molar-refractivity contribution in [2.45, 2.75) is 38.1 Å². The van der Waals surface area contributed by atoms with Crippen molar-refractivity contribution in [3.8, 4) is 11.3 Å². The number of rotatable bonds is 6. The number of hydrogen-bond donors (Lipinski definition) is 3. The molecule has 1 aliphatic carbocycles. The van der Waals surface area contributed by atoms with Crippen LogP contribution in [0.1, 0.15) is 42.5 Å². The number of imidazole rings is 1. The predicted octanol–water partition coefficient (Wildman–Crippen LogP) is 2.92. The molecule has 2 aromatic heterocycles. The molecule has 2 heterocycles. The third-order valence-corrected chi connectivity index (χ3v) is 5.71. The molecule has 0 spiro atoms. The number of aromatic nitrogens is 3. The number of amides is 1. The Morgan fingerprint density at radius 1 is 1.22 bits per heavy atom. The van der Waals surface area contributed by atoms with Gasteiger partial charge in [0.25, 0.3) is 5.91 Å². The first kappa shape index (κ1) is 17.9. The van der Waals surface area contributed by atoms with E-state index < -0.39 is 0 Å². The van der Waals surface area contributed by atoms with Crippen LogP contribution in [-0.4, -0.2) is 44.8 Å². The van der Waals surface area contributed by atoms with E-state index in [0.717, 1.165) is 21.3 Å². The average molecular weight is 385 g/mol. The first-order valence-electron chi connectivity index (χ1n) is 9.35. The Labute approximate surface area is 161 Å². The normalized spacial score (nSPS) is 15.1. The van der Waals surface area contributed by atoms with Gasteiger partial charge in [-0.15, -0.1) is 5.10 Å². The van der Waals surface area contributed by atoms with E-state index in [4.69, 9.17) is 10.2 Å². The van der Waals surface area contributed by atoms with E-state index in [2.05, 4.69) is 15.6 Å². The maximum Gasteiger partial charge on any atom is 0.251 e. The molecule has 8 heteroatoms. The van der Waals surface area contributed by atoms with Gasteiger partial charge < -0.3 is 15.7 Å². The molecule has 27 heavy (non-hydrogen) atoms. The van der Waals surface area contributed by atoms with E-state index >= 15 is 0 Å². The summed E-state index contributed by atoms with van der Waals surface area (Å²) in [6, 6.07) is 7.84. The fraction of sp³-hybridized carbons (Fsp3) is 0.421. The SMILES string of the molecule is O=C(NCCO)c1ccc(-c2cnc3sc(NC4CCCCC4)nn23)cc1. The number of anilines is 1. The highest BCUT2D eigenvalue weighted by Gasteiger charge is 2.17. The number of benzene rings is 1. The van der Waals surface area contributed by atoms with Gasteiger partial charge in [0.1, 0.15) is 0 Å². The zero-order valence-corrected chi connectivity index (χ0v) is 15.8. The number of nitrogens with zero attached hydrogens (tertiary/aromatic N) is 3. The molecule has 4 rings (SSSR count). The quantitative estimate of drug-likeness (QED) is 0.607. The molecule has 1 fully saturated rings. The van der Waals surface area contributed by atoms with Crippen molar-refractivity contribution >= 4 is 27.3 Å². The number of aliphatic hydroxyl groups excluding tert-OH is 1. The molecule has 1 saturated carbocycles. The fourth-order valence-electron chi connectivity index (χ4n) is 3.43. The molecule has 0 atom stereocenters. The van der Waals surface area contributed by atoms with E-state index in [9.17, 15) is 4.79 Å². The maximum absolute atomic E-state index is 11.9. The zero-order chi connectivity index (χ0) is 18.6. The van der Waals surface area contributed by atoms with Crippen LogP contribution in [0, 0.1) is 0 Å². The number of nitrogens with one attached hydrogen (secondary N) is 2. The van der Waals surface area contributed by atoms with Gasteiger partial charge in [-0.3, -0.25) is 4.79 Å². The summed E-state index contributed by atoms with van der Waals surface area (Å²) in [6.45, 7) is 0.179. The number of aliphatic hydroxyl groups is 1. The number of hydrogen-bond acceptors (Lipinski definition) is 6. The lowest BCUT2D eigenvalue weighted by molar-refractivity contribution is 0.0945. The summed E-state index contributed by atoms with van der Waals surface area (Å²) in [5.41, 5.74) is 2.42. The molecule has 1 aliphatic rings. The van der Waals surface area contributed by atoms with Gasteiger partial charge in [-0.25, -0.2) is 9.50 Å². The molecule has 0 saturated heterocycles. The van der Waals surface area contributed by atoms with E-state index in [-0.39, 0.29) is 19.1 Å². The van der Waals surface area contributed by atoms with Crippen LogP contribution in [0.3, 0.4) is 0 Å². The minimum atomic E-state index is -0.193. The third-order valence-electron chi connectivity index (χ3n) is 4.86. The van der Waals surface area contributed by atoms with Crippen molar-refractivity contribution in [1.82, 2.24) is 19.9 Å². The zero-order valence-electron chi connectivity index (χ0n) is 15.0. The average Bonchev–Trinajstić information content (AvgIpc) is 3.27. The van der Waals surface area contributed by atoms with Crippen molar-refractivity contribution in [1.29, 1.82) is 0 Å². The van der Waals surface area contributed by atoms with Gasteiger partial charge in [0.15, 0.2) is 0 Å². The second-order valence-corrected chi connectivity index (χ2v) is 7.74. The topological polar surface area (TPSA) is 91.5 Å². The molecular formula is C19H23N5O2S. The van der Waals surface area contributed by atoms with Gasteiger partial charge in [0.2, 0.25) is 10.1 Å². The molecule has 142 valence electrons. The van der Waals surface area contributed by atoms with Crippen LogP contribution in [0.5, 0.6) is 0 Å². The summed E-state index contributed by atoms with van der Waals surface area (Å²) in [6.07, 6.45) is 8.11. The monoisotopic (exact) mass is 385 g/mol. The number of carbonyl (C=O) groups excluding carboxylic acids is 1. The van der Waals surface area contributed by atoms with Crippen LogP contribution in [-0.2, 0) is 0 Å². The van der Waals surface area contributed by atoms with E-state index in [1.54, 1.807) is 23.5 Å². The Balaban J connectivity index is 1.52. The van der Waals surface area contributed by atoms with Crippen LogP contribution in [0.15, 0.2) is 30.5 Å². The van der Waals surface area contributed by atoms with Gasteiger partial charge in [0, 0.05) is 23.7 Å². The van der Waals surface area contributed by atoms with Crippen molar-refractivity contribution in [3.05, 3.63) is 36.0 Å². The van der Waals surface area contributed by atoms with Gasteiger partial charge >= 0.3 is 0 Å². The highest BCUT2D eigenvalue weighted by atomic mass is 32.1. The summed E-state index contributed by atoms with van der Waals surface area (Å²) >= 11 is 1.57. The molecule has 1 aromatic carbocycles. The highest BCUT2D eigenvalue weighted by molar-refractivity contribution is 7.20. The van der Waals surface area contributed by atoms with E-state index in [0.29, 0.717) is 11.6 Å². The standard InChI is InChI=1S/C19H23N5O2S/c25-11-10-20-17(26)14-8-6-13(7-9-14)16-12-21-19-24(16)23-18(27-19)22-15-4-2-1-3-5-15/h6-9,12,15,25H,1-5,10-11H2,(H,20,26)(H,22,23). The Morgan fingerprint density at radius 2 is 2.00 bits per heavy atom. The molecule has 0 bridgehead atoms. The lowest BCUT2D eigenvalue weighted by Crippen LogP contribution is -2.26. The largest absolute Gasteiger partial charge is 0.395 e. The Bertz CT molecular complexity index is 912. The smallest absolute Gasteiger partial charge is 0.251 e. The number of fused-ring (bicyclic) bond motifs is 1. The lowest BCUT2D eigenvalue weighted by Gasteiger charge is -2.21. The van der Waals surface area contributed by atoms with Crippen LogP contribution in [0.4, 0.5) is 5.13 Å². The second-order valence-electron chi connectivity index (χ2n) is 6.78. The highest BCUT2D eigenvalue weighted by Crippen LogP contribution is 2.28.